The summed E-state index contributed by atoms with van der Waals surface area (Å²) >= 11 is 0. The van der Waals surface area contributed by atoms with Gasteiger partial charge in [0.1, 0.15) is 5.82 Å². The van der Waals surface area contributed by atoms with Crippen LogP contribution in [0.25, 0.3) is 0 Å². The summed E-state index contributed by atoms with van der Waals surface area (Å²) in [6.07, 6.45) is 1.39. The van der Waals surface area contributed by atoms with Crippen LogP contribution >= 0.6 is 0 Å². The average Bonchev–Trinajstić information content (AvgIpc) is 2.67. The summed E-state index contributed by atoms with van der Waals surface area (Å²) in [7, 11) is 3.14. The number of hydrogen-bond donors (Lipinski definition) is 0. The van der Waals surface area contributed by atoms with E-state index in [1.807, 2.05) is 6.92 Å². The Hall–Kier alpha value is -1.65. The Kier molecular flexibility index (Phi) is 2.10. The second kappa shape index (κ2) is 3.18. The Morgan fingerprint density at radius 2 is 1.93 bits per heavy atom. The molecule has 0 spiro atoms. The van der Waals surface area contributed by atoms with E-state index in [-0.39, 0.29) is 11.2 Å². The topological polar surface area (TPSA) is 56.4 Å². The Bertz CT molecular complexity index is 563. The van der Waals surface area contributed by atoms with Crippen LogP contribution in [-0.2, 0) is 20.5 Å². The van der Waals surface area contributed by atoms with E-state index < -0.39 is 0 Å². The fourth-order valence-electron chi connectivity index (χ4n) is 1.80. The Balaban J connectivity index is 2.79. The molecule has 2 rings (SSSR count). The van der Waals surface area contributed by atoms with Crippen LogP contribution in [0.4, 0.5) is 5.82 Å². The van der Waals surface area contributed by atoms with Crippen molar-refractivity contribution in [1.82, 2.24) is 9.13 Å². The molecule has 0 fully saturated rings. The molecule has 0 radical (unpaired) electrons. The molecule has 0 atom stereocenters. The minimum absolute atomic E-state index is 0.222. The predicted octanol–water partition coefficient (Wildman–Crippen LogP) is 0.123. The molecule has 0 aliphatic carbocycles. The summed E-state index contributed by atoms with van der Waals surface area (Å²) in [4.78, 5) is 27.7. The summed E-state index contributed by atoms with van der Waals surface area (Å²) in [6, 6.07) is 0. The summed E-state index contributed by atoms with van der Waals surface area (Å²) < 4.78 is 2.56. The van der Waals surface area contributed by atoms with Gasteiger partial charge in [-0.2, -0.15) is 0 Å². The monoisotopic (exact) mass is 207 g/mol. The van der Waals surface area contributed by atoms with Gasteiger partial charge in [-0.15, -0.1) is 0 Å². The fraction of sp³-hybridized carbons (Fsp3) is 0.500. The van der Waals surface area contributed by atoms with Crippen molar-refractivity contribution >= 4 is 11.5 Å². The molecule has 0 unspecified atom stereocenters. The molecule has 2 heterocycles. The molecule has 1 aliphatic rings. The quantitative estimate of drug-likeness (QED) is 0.657. The first kappa shape index (κ1) is 9.89. The summed E-state index contributed by atoms with van der Waals surface area (Å²) in [5.74, 6) is 0.528. The van der Waals surface area contributed by atoms with Gasteiger partial charge in [0.25, 0.3) is 5.56 Å². The van der Waals surface area contributed by atoms with Crippen LogP contribution in [-0.4, -0.2) is 14.8 Å². The third-order valence-corrected chi connectivity index (χ3v) is 2.78. The highest BCUT2D eigenvalue weighted by Gasteiger charge is 2.21. The largest absolute Gasteiger partial charge is 0.332 e. The lowest BCUT2D eigenvalue weighted by Crippen LogP contribution is -2.38. The van der Waals surface area contributed by atoms with Crippen molar-refractivity contribution in [1.29, 1.82) is 0 Å². The number of aliphatic imine (C=N–C) groups is 1. The SMILES string of the molecule is CCC1=Nc2c(c(=O)n(C)c(=O)n2C)C1. The van der Waals surface area contributed by atoms with Crippen LogP contribution < -0.4 is 11.2 Å². The van der Waals surface area contributed by atoms with E-state index in [0.29, 0.717) is 17.8 Å². The molecule has 0 amide bonds. The van der Waals surface area contributed by atoms with E-state index in [9.17, 15) is 9.59 Å². The molecule has 80 valence electrons. The van der Waals surface area contributed by atoms with Crippen LogP contribution in [0.5, 0.6) is 0 Å². The van der Waals surface area contributed by atoms with E-state index in [1.54, 1.807) is 7.05 Å². The highest BCUT2D eigenvalue weighted by Crippen LogP contribution is 2.22. The maximum atomic E-state index is 11.8. The zero-order chi connectivity index (χ0) is 11.2. The van der Waals surface area contributed by atoms with Crippen molar-refractivity contribution in [3.8, 4) is 0 Å². The number of fused-ring (bicyclic) bond motifs is 1. The lowest BCUT2D eigenvalue weighted by Gasteiger charge is -2.05. The van der Waals surface area contributed by atoms with E-state index in [2.05, 4.69) is 4.99 Å². The number of hydrogen-bond acceptors (Lipinski definition) is 3. The molecule has 5 nitrogen and oxygen atoms in total. The Morgan fingerprint density at radius 1 is 1.27 bits per heavy atom. The van der Waals surface area contributed by atoms with Crippen molar-refractivity contribution in [3.63, 3.8) is 0 Å². The van der Waals surface area contributed by atoms with Crippen LogP contribution in [0.3, 0.4) is 0 Å². The van der Waals surface area contributed by atoms with Gasteiger partial charge in [0.2, 0.25) is 0 Å². The normalized spacial score (nSPS) is 13.9. The summed E-state index contributed by atoms with van der Waals surface area (Å²) in [6.45, 7) is 1.99. The molecule has 0 aromatic carbocycles. The number of aromatic nitrogens is 2. The molecular formula is C10H13N3O2. The zero-order valence-electron chi connectivity index (χ0n) is 9.07. The van der Waals surface area contributed by atoms with Crippen LogP contribution in [0, 0.1) is 0 Å². The van der Waals surface area contributed by atoms with Gasteiger partial charge in [0, 0.05) is 26.2 Å². The molecule has 0 N–H and O–H groups in total. The molecule has 0 saturated heterocycles. The Morgan fingerprint density at radius 3 is 2.53 bits per heavy atom. The van der Waals surface area contributed by atoms with Gasteiger partial charge in [0.05, 0.1) is 5.56 Å². The highest BCUT2D eigenvalue weighted by atomic mass is 16.2. The van der Waals surface area contributed by atoms with Crippen molar-refractivity contribution < 1.29 is 0 Å². The Labute approximate surface area is 86.7 Å². The zero-order valence-corrected chi connectivity index (χ0v) is 9.07. The molecular weight excluding hydrogens is 194 g/mol. The van der Waals surface area contributed by atoms with Crippen LogP contribution in [0.1, 0.15) is 18.9 Å². The van der Waals surface area contributed by atoms with Gasteiger partial charge in [-0.1, -0.05) is 6.92 Å². The van der Waals surface area contributed by atoms with Crippen molar-refractivity contribution in [2.24, 2.45) is 19.1 Å². The van der Waals surface area contributed by atoms with Gasteiger partial charge in [0.15, 0.2) is 0 Å². The summed E-state index contributed by atoms with van der Waals surface area (Å²) in [5, 5.41) is 0. The van der Waals surface area contributed by atoms with Crippen LogP contribution in [0.2, 0.25) is 0 Å². The van der Waals surface area contributed by atoms with Gasteiger partial charge >= 0.3 is 5.69 Å². The maximum Gasteiger partial charge on any atom is 0.332 e. The van der Waals surface area contributed by atoms with Gasteiger partial charge in [-0.25, -0.2) is 9.79 Å². The van der Waals surface area contributed by atoms with Gasteiger partial charge < -0.3 is 0 Å². The second-order valence-corrected chi connectivity index (χ2v) is 3.72. The molecule has 1 aliphatic heterocycles. The van der Waals surface area contributed by atoms with Gasteiger partial charge in [-0.05, 0) is 6.42 Å². The maximum absolute atomic E-state index is 11.8. The number of nitrogens with zero attached hydrogens (tertiary/aromatic N) is 3. The van der Waals surface area contributed by atoms with E-state index in [1.165, 1.54) is 11.6 Å². The minimum atomic E-state index is -0.320. The van der Waals surface area contributed by atoms with Crippen molar-refractivity contribution in [2.75, 3.05) is 0 Å². The second-order valence-electron chi connectivity index (χ2n) is 3.72. The van der Waals surface area contributed by atoms with E-state index in [4.69, 9.17) is 0 Å². The smallest absolute Gasteiger partial charge is 0.281 e. The molecule has 15 heavy (non-hydrogen) atoms. The standard InChI is InChI=1S/C10H13N3O2/c1-4-6-5-7-8(11-6)12(2)10(15)13(3)9(7)14/h4-5H2,1-3H3. The first-order chi connectivity index (χ1) is 7.06. The molecule has 5 heteroatoms. The van der Waals surface area contributed by atoms with Crippen molar-refractivity contribution in [2.45, 2.75) is 19.8 Å². The lowest BCUT2D eigenvalue weighted by atomic mass is 10.1. The van der Waals surface area contributed by atoms with E-state index in [0.717, 1.165) is 16.7 Å². The first-order valence-electron chi connectivity index (χ1n) is 4.91. The summed E-state index contributed by atoms with van der Waals surface area (Å²) in [5.41, 5.74) is 1.06. The van der Waals surface area contributed by atoms with Crippen LogP contribution in [0.15, 0.2) is 14.6 Å². The fourth-order valence-corrected chi connectivity index (χ4v) is 1.80. The minimum Gasteiger partial charge on any atom is -0.281 e. The third-order valence-electron chi connectivity index (χ3n) is 2.78. The van der Waals surface area contributed by atoms with E-state index >= 15 is 0 Å². The number of rotatable bonds is 1. The van der Waals surface area contributed by atoms with Crippen molar-refractivity contribution in [3.05, 3.63) is 26.4 Å². The first-order valence-corrected chi connectivity index (χ1v) is 4.91. The molecule has 0 bridgehead atoms. The average molecular weight is 207 g/mol. The molecule has 1 aromatic heterocycles. The molecule has 1 aromatic rings. The highest BCUT2D eigenvalue weighted by molar-refractivity contribution is 5.92. The van der Waals surface area contributed by atoms with Gasteiger partial charge in [-0.3, -0.25) is 13.9 Å². The third kappa shape index (κ3) is 1.26. The predicted molar refractivity (Wildman–Crippen MR) is 58.0 cm³/mol. The lowest BCUT2D eigenvalue weighted by molar-refractivity contribution is 0.682. The molecule has 0 saturated carbocycles.